The molecule has 150 valence electrons. The van der Waals surface area contributed by atoms with E-state index in [1.54, 1.807) is 7.11 Å². The summed E-state index contributed by atoms with van der Waals surface area (Å²) in [5, 5.41) is 0. The van der Waals surface area contributed by atoms with Gasteiger partial charge in [0, 0.05) is 13.5 Å². The van der Waals surface area contributed by atoms with Crippen LogP contribution in [0.2, 0.25) is 0 Å². The third kappa shape index (κ3) is 15.1. The number of unbranched alkanes of at least 4 members (excludes halogenated alkanes) is 8. The first kappa shape index (κ1) is 24.1. The summed E-state index contributed by atoms with van der Waals surface area (Å²) in [6.07, 6.45) is 13.9. The van der Waals surface area contributed by atoms with Crippen LogP contribution in [0.1, 0.15) is 97.8 Å². The van der Waals surface area contributed by atoms with E-state index in [0.29, 0.717) is 12.6 Å². The van der Waals surface area contributed by atoms with E-state index in [1.165, 1.54) is 51.4 Å². The maximum atomic E-state index is 6.05. The van der Waals surface area contributed by atoms with Crippen molar-refractivity contribution in [2.75, 3.05) is 27.1 Å². The number of hydrogen-bond acceptors (Lipinski definition) is 4. The predicted octanol–water partition coefficient (Wildman–Crippen LogP) is 6.55. The molecular weight excluding hydrogens is 316 g/mol. The van der Waals surface area contributed by atoms with E-state index >= 15 is 0 Å². The van der Waals surface area contributed by atoms with Crippen LogP contribution in [0.25, 0.3) is 0 Å². The van der Waals surface area contributed by atoms with Gasteiger partial charge in [-0.25, -0.2) is 0 Å². The molecule has 0 spiro atoms. The number of rotatable bonds is 19. The van der Waals surface area contributed by atoms with Gasteiger partial charge >= 0.3 is 5.95 Å². The number of allylic oxidation sites excluding steroid dienone is 1. The smallest absolute Gasteiger partial charge is 0.321 e. The summed E-state index contributed by atoms with van der Waals surface area (Å²) in [6.45, 7) is 8.25. The fourth-order valence-electron chi connectivity index (χ4n) is 2.50. The van der Waals surface area contributed by atoms with Gasteiger partial charge in [0.1, 0.15) is 0 Å². The summed E-state index contributed by atoms with van der Waals surface area (Å²) in [5.74, 6) is 1.39. The summed E-state index contributed by atoms with van der Waals surface area (Å²) in [5.41, 5.74) is 0. The summed E-state index contributed by atoms with van der Waals surface area (Å²) in [7, 11) is 1.63. The quantitative estimate of drug-likeness (QED) is 0.149. The van der Waals surface area contributed by atoms with Crippen LogP contribution in [0.5, 0.6) is 0 Å². The first-order valence-corrected chi connectivity index (χ1v) is 10.4. The van der Waals surface area contributed by atoms with E-state index in [1.807, 2.05) is 0 Å². The number of hydrogen-bond donors (Lipinski definition) is 0. The molecule has 0 aromatic rings. The monoisotopic (exact) mass is 358 g/mol. The average Bonchev–Trinajstić information content (AvgIpc) is 2.62. The van der Waals surface area contributed by atoms with Crippen molar-refractivity contribution in [3.8, 4) is 0 Å². The van der Waals surface area contributed by atoms with E-state index in [2.05, 4.69) is 20.8 Å². The topological polar surface area (TPSA) is 36.9 Å². The van der Waals surface area contributed by atoms with Gasteiger partial charge in [-0.1, -0.05) is 72.1 Å². The van der Waals surface area contributed by atoms with Gasteiger partial charge in [-0.15, -0.1) is 0 Å². The molecule has 0 aromatic heterocycles. The molecule has 0 aliphatic heterocycles. The maximum Gasteiger partial charge on any atom is 0.321 e. The van der Waals surface area contributed by atoms with Crippen molar-refractivity contribution in [3.63, 3.8) is 0 Å². The Balaban J connectivity index is 4.61. The summed E-state index contributed by atoms with van der Waals surface area (Å²) >= 11 is 0. The van der Waals surface area contributed by atoms with Crippen molar-refractivity contribution in [3.05, 3.63) is 11.7 Å². The highest BCUT2D eigenvalue weighted by Crippen LogP contribution is 2.19. The van der Waals surface area contributed by atoms with Crippen LogP contribution in [0.15, 0.2) is 11.7 Å². The van der Waals surface area contributed by atoms with Gasteiger partial charge in [0.15, 0.2) is 12.6 Å². The van der Waals surface area contributed by atoms with Crippen molar-refractivity contribution in [2.24, 2.45) is 0 Å². The van der Waals surface area contributed by atoms with Gasteiger partial charge in [-0.2, -0.15) is 0 Å². The predicted molar refractivity (Wildman–Crippen MR) is 104 cm³/mol. The molecule has 0 fully saturated rings. The summed E-state index contributed by atoms with van der Waals surface area (Å²) < 4.78 is 22.7. The lowest BCUT2D eigenvalue weighted by Crippen LogP contribution is -2.09. The zero-order valence-corrected chi connectivity index (χ0v) is 17.2. The van der Waals surface area contributed by atoms with Crippen LogP contribution in [0.4, 0.5) is 0 Å². The molecule has 0 saturated carbocycles. The fourth-order valence-corrected chi connectivity index (χ4v) is 2.50. The summed E-state index contributed by atoms with van der Waals surface area (Å²) in [6, 6.07) is 0. The highest BCUT2D eigenvalue weighted by Gasteiger charge is 2.13. The standard InChI is InChI=1S/C21H42O4/c1-5-8-11-14-17-23-20(16-13-10-7-3)21(25-19-22-4)24-18-15-12-9-6-2/h5-19H2,1-4H3. The average molecular weight is 359 g/mol. The minimum absolute atomic E-state index is 0.195. The van der Waals surface area contributed by atoms with Crippen molar-refractivity contribution in [1.82, 2.24) is 0 Å². The second kappa shape index (κ2) is 19.4. The molecule has 25 heavy (non-hydrogen) atoms. The number of ether oxygens (including phenoxy) is 4. The zero-order valence-electron chi connectivity index (χ0n) is 17.2. The third-order valence-electron chi connectivity index (χ3n) is 4.05. The molecule has 4 heteroatoms. The molecule has 0 radical (unpaired) electrons. The Labute approximate surface area is 156 Å². The Morgan fingerprint density at radius 1 is 0.600 bits per heavy atom. The van der Waals surface area contributed by atoms with Crippen LogP contribution in [0.3, 0.4) is 0 Å². The highest BCUT2D eigenvalue weighted by atomic mass is 16.7. The SMILES string of the molecule is CCCCCCOC(CCCCC)=C(OCCCCCC)OCOC. The molecule has 0 bridgehead atoms. The maximum absolute atomic E-state index is 6.05. The fraction of sp³-hybridized carbons (Fsp3) is 0.905. The molecule has 0 atom stereocenters. The van der Waals surface area contributed by atoms with Gasteiger partial charge < -0.3 is 18.9 Å². The molecule has 0 aliphatic carbocycles. The van der Waals surface area contributed by atoms with E-state index in [9.17, 15) is 0 Å². The molecule has 0 aliphatic rings. The molecule has 0 unspecified atom stereocenters. The van der Waals surface area contributed by atoms with Gasteiger partial charge in [-0.3, -0.25) is 0 Å². The molecule has 0 saturated heterocycles. The van der Waals surface area contributed by atoms with E-state index in [0.717, 1.165) is 38.0 Å². The molecule has 0 N–H and O–H groups in total. The van der Waals surface area contributed by atoms with E-state index in [-0.39, 0.29) is 6.79 Å². The van der Waals surface area contributed by atoms with Gasteiger partial charge in [0.05, 0.1) is 13.2 Å². The van der Waals surface area contributed by atoms with Crippen molar-refractivity contribution < 1.29 is 18.9 Å². The largest absolute Gasteiger partial charge is 0.491 e. The molecule has 0 aromatic carbocycles. The Morgan fingerprint density at radius 2 is 1.16 bits per heavy atom. The first-order valence-electron chi connectivity index (χ1n) is 10.4. The summed E-state index contributed by atoms with van der Waals surface area (Å²) in [4.78, 5) is 0. The van der Waals surface area contributed by atoms with Crippen LogP contribution >= 0.6 is 0 Å². The van der Waals surface area contributed by atoms with Crippen LogP contribution in [-0.2, 0) is 18.9 Å². The molecular formula is C21H42O4. The third-order valence-corrected chi connectivity index (χ3v) is 4.05. The Morgan fingerprint density at radius 3 is 1.72 bits per heavy atom. The minimum atomic E-state index is 0.195. The normalized spacial score (nSPS) is 12.0. The van der Waals surface area contributed by atoms with Crippen LogP contribution in [0, 0.1) is 0 Å². The molecule has 0 amide bonds. The molecule has 0 rings (SSSR count). The van der Waals surface area contributed by atoms with E-state index in [4.69, 9.17) is 18.9 Å². The Kier molecular flexibility index (Phi) is 18.7. The van der Waals surface area contributed by atoms with E-state index < -0.39 is 0 Å². The van der Waals surface area contributed by atoms with Gasteiger partial charge in [-0.05, 0) is 19.3 Å². The Bertz CT molecular complexity index is 302. The van der Waals surface area contributed by atoms with Crippen LogP contribution in [-0.4, -0.2) is 27.1 Å². The Hall–Kier alpha value is -0.900. The second-order valence-corrected chi connectivity index (χ2v) is 6.54. The zero-order chi connectivity index (χ0) is 18.6. The number of methoxy groups -OCH3 is 1. The van der Waals surface area contributed by atoms with Crippen molar-refractivity contribution >= 4 is 0 Å². The van der Waals surface area contributed by atoms with Crippen LogP contribution < -0.4 is 0 Å². The first-order chi connectivity index (χ1) is 12.3. The lowest BCUT2D eigenvalue weighted by Gasteiger charge is -2.17. The van der Waals surface area contributed by atoms with Crippen molar-refractivity contribution in [2.45, 2.75) is 97.8 Å². The van der Waals surface area contributed by atoms with Crippen molar-refractivity contribution in [1.29, 1.82) is 0 Å². The van der Waals surface area contributed by atoms with Gasteiger partial charge in [0.2, 0.25) is 0 Å². The molecule has 0 heterocycles. The molecule has 4 nitrogen and oxygen atoms in total. The second-order valence-electron chi connectivity index (χ2n) is 6.54. The lowest BCUT2D eigenvalue weighted by molar-refractivity contribution is -0.0692. The minimum Gasteiger partial charge on any atom is -0.491 e. The van der Waals surface area contributed by atoms with Gasteiger partial charge in [0.25, 0.3) is 0 Å². The lowest BCUT2D eigenvalue weighted by atomic mass is 10.2. The highest BCUT2D eigenvalue weighted by molar-refractivity contribution is 4.95.